The van der Waals surface area contributed by atoms with E-state index in [1.165, 1.54) is 12.1 Å². The molecule has 1 heterocycles. The van der Waals surface area contributed by atoms with Crippen LogP contribution in [0.15, 0.2) is 16.9 Å². The summed E-state index contributed by atoms with van der Waals surface area (Å²) in [5.41, 5.74) is 3.62. The number of anilines is 1. The van der Waals surface area contributed by atoms with Crippen molar-refractivity contribution in [2.24, 2.45) is 0 Å². The lowest BCUT2D eigenvalue weighted by Gasteiger charge is -2.30. The average Bonchev–Trinajstić information content (AvgIpc) is 2.66. The van der Waals surface area contributed by atoms with Crippen molar-refractivity contribution in [3.63, 3.8) is 0 Å². The van der Waals surface area contributed by atoms with Gasteiger partial charge in [-0.2, -0.15) is 0 Å². The highest BCUT2D eigenvalue weighted by Gasteiger charge is 2.28. The quantitative estimate of drug-likeness (QED) is 0.399. The number of nitrogens with one attached hydrogen (secondary N) is 2. The summed E-state index contributed by atoms with van der Waals surface area (Å²) in [4.78, 5) is 0. The maximum atomic E-state index is 14.4. The fourth-order valence-corrected chi connectivity index (χ4v) is 4.70. The molecule has 156 valence electrons. The molecule has 0 spiro atoms. The molecule has 0 atom stereocenters. The predicted molar refractivity (Wildman–Crippen MR) is 116 cm³/mol. The van der Waals surface area contributed by atoms with Gasteiger partial charge in [0.1, 0.15) is 10.6 Å². The van der Waals surface area contributed by atoms with Gasteiger partial charge in [0, 0.05) is 13.1 Å². The van der Waals surface area contributed by atoms with E-state index in [1.54, 1.807) is 18.9 Å². The zero-order chi connectivity index (χ0) is 20.7. The van der Waals surface area contributed by atoms with Crippen molar-refractivity contribution >= 4 is 59.9 Å². The van der Waals surface area contributed by atoms with Gasteiger partial charge in [0.05, 0.1) is 23.9 Å². The Labute approximate surface area is 179 Å². The van der Waals surface area contributed by atoms with E-state index in [0.717, 1.165) is 32.0 Å². The number of hydrogen-bond donors (Lipinski definition) is 2. The third-order valence-corrected chi connectivity index (χ3v) is 7.05. The van der Waals surface area contributed by atoms with E-state index < -0.39 is 13.4 Å². The summed E-state index contributed by atoms with van der Waals surface area (Å²) in [6.45, 7) is 5.20. The standard InChI is InChI=1S/C17H23Cl2FN3O3PS/c1-3-25-27(24,26-4-2)16(19)10-12-9-15(14(20)11-13(12)18)22-17(28)23-8-6-5-7-21-23/h9-11,21H,3-8H2,1-2H3,(H,22,28). The van der Waals surface area contributed by atoms with Crippen molar-refractivity contribution in [2.75, 3.05) is 31.6 Å². The van der Waals surface area contributed by atoms with E-state index in [9.17, 15) is 8.96 Å². The van der Waals surface area contributed by atoms with Gasteiger partial charge in [-0.05, 0) is 62.7 Å². The maximum Gasteiger partial charge on any atom is 0.372 e. The van der Waals surface area contributed by atoms with Crippen molar-refractivity contribution in [1.29, 1.82) is 0 Å². The first-order valence-electron chi connectivity index (χ1n) is 8.88. The first kappa shape index (κ1) is 23.5. The van der Waals surface area contributed by atoms with Gasteiger partial charge in [-0.1, -0.05) is 23.2 Å². The van der Waals surface area contributed by atoms with E-state index in [0.29, 0.717) is 10.7 Å². The average molecular weight is 470 g/mol. The molecule has 0 aromatic heterocycles. The van der Waals surface area contributed by atoms with Crippen LogP contribution < -0.4 is 10.7 Å². The predicted octanol–water partition coefficient (Wildman–Crippen LogP) is 5.58. The number of nitrogens with zero attached hydrogens (tertiary/aromatic N) is 1. The maximum absolute atomic E-state index is 14.4. The molecule has 0 amide bonds. The van der Waals surface area contributed by atoms with Crippen molar-refractivity contribution in [3.05, 3.63) is 33.3 Å². The molecule has 1 fully saturated rings. The first-order valence-corrected chi connectivity index (χ1v) is 11.6. The van der Waals surface area contributed by atoms with Crippen LogP contribution in [0.1, 0.15) is 32.3 Å². The minimum absolute atomic E-state index is 0.0998. The lowest BCUT2D eigenvalue weighted by molar-refractivity contribution is 0.228. The Morgan fingerprint density at radius 3 is 2.64 bits per heavy atom. The monoisotopic (exact) mass is 469 g/mol. The SMILES string of the molecule is CCOP(=O)(OCC)C(Cl)=Cc1cc(NC(=S)N2CCCCN2)c(F)cc1Cl. The summed E-state index contributed by atoms with van der Waals surface area (Å²) in [6.07, 6.45) is 3.40. The summed E-state index contributed by atoms with van der Waals surface area (Å²) in [5, 5.41) is 5.07. The number of hydrazine groups is 1. The Hall–Kier alpha value is -0.730. The Balaban J connectivity index is 2.28. The van der Waals surface area contributed by atoms with Crippen LogP contribution in [-0.2, 0) is 13.6 Å². The molecule has 0 saturated carbocycles. The van der Waals surface area contributed by atoms with Crippen molar-refractivity contribution in [3.8, 4) is 0 Å². The summed E-state index contributed by atoms with van der Waals surface area (Å²) in [6, 6.07) is 2.58. The summed E-state index contributed by atoms with van der Waals surface area (Å²) >= 11 is 17.7. The molecule has 0 unspecified atom stereocenters. The zero-order valence-corrected chi connectivity index (χ0v) is 18.9. The van der Waals surface area contributed by atoms with Gasteiger partial charge in [0.25, 0.3) is 0 Å². The number of rotatable bonds is 7. The molecule has 1 aliphatic rings. The fraction of sp³-hybridized carbons (Fsp3) is 0.471. The van der Waals surface area contributed by atoms with Gasteiger partial charge >= 0.3 is 7.60 Å². The van der Waals surface area contributed by atoms with Gasteiger partial charge in [-0.3, -0.25) is 9.57 Å². The Kier molecular flexibility index (Phi) is 9.15. The molecule has 0 bridgehead atoms. The topological polar surface area (TPSA) is 62.8 Å². The minimum Gasteiger partial charge on any atom is -0.329 e. The van der Waals surface area contributed by atoms with Crippen LogP contribution in [0.4, 0.5) is 10.1 Å². The molecule has 2 N–H and O–H groups in total. The second-order valence-corrected chi connectivity index (χ2v) is 9.31. The molecular weight excluding hydrogens is 447 g/mol. The molecule has 0 aliphatic carbocycles. The van der Waals surface area contributed by atoms with Gasteiger partial charge in [0.15, 0.2) is 5.11 Å². The van der Waals surface area contributed by atoms with E-state index in [1.807, 2.05) is 0 Å². The van der Waals surface area contributed by atoms with Crippen molar-refractivity contribution in [2.45, 2.75) is 26.7 Å². The third-order valence-electron chi connectivity index (χ3n) is 3.82. The minimum atomic E-state index is -3.66. The second kappa shape index (κ2) is 10.9. The molecular formula is C17H23Cl2FN3O3PS. The van der Waals surface area contributed by atoms with Crippen LogP contribution >= 0.6 is 43.0 Å². The number of thiocarbonyl (C=S) groups is 1. The van der Waals surface area contributed by atoms with Crippen LogP contribution in [0.2, 0.25) is 5.02 Å². The Morgan fingerprint density at radius 2 is 2.07 bits per heavy atom. The molecule has 1 aromatic carbocycles. The van der Waals surface area contributed by atoms with E-state index in [4.69, 9.17) is 44.5 Å². The van der Waals surface area contributed by atoms with Crippen LogP contribution in [-0.4, -0.2) is 36.4 Å². The van der Waals surface area contributed by atoms with Crippen molar-refractivity contribution < 1.29 is 18.0 Å². The lowest BCUT2D eigenvalue weighted by atomic mass is 10.2. The smallest absolute Gasteiger partial charge is 0.329 e. The summed E-state index contributed by atoms with van der Waals surface area (Å²) in [5.74, 6) is -0.574. The highest BCUT2D eigenvalue weighted by molar-refractivity contribution is 7.80. The second-order valence-electron chi connectivity index (χ2n) is 5.85. The Morgan fingerprint density at radius 1 is 1.39 bits per heavy atom. The highest BCUT2D eigenvalue weighted by atomic mass is 35.5. The molecule has 28 heavy (non-hydrogen) atoms. The summed E-state index contributed by atoms with van der Waals surface area (Å²) < 4.78 is 37.4. The Bertz CT molecular complexity index is 781. The number of halogens is 3. The lowest BCUT2D eigenvalue weighted by Crippen LogP contribution is -2.48. The number of benzene rings is 1. The van der Waals surface area contributed by atoms with Crippen LogP contribution in [0.25, 0.3) is 6.08 Å². The molecule has 2 rings (SSSR count). The number of hydrogen-bond acceptors (Lipinski definition) is 5. The van der Waals surface area contributed by atoms with Gasteiger partial charge < -0.3 is 14.4 Å². The first-order chi connectivity index (χ1) is 13.3. The largest absolute Gasteiger partial charge is 0.372 e. The fourth-order valence-electron chi connectivity index (χ4n) is 2.52. The zero-order valence-electron chi connectivity index (χ0n) is 15.6. The van der Waals surface area contributed by atoms with Gasteiger partial charge in [-0.25, -0.2) is 9.82 Å². The third kappa shape index (κ3) is 6.13. The van der Waals surface area contributed by atoms with Gasteiger partial charge in [0.2, 0.25) is 0 Å². The molecule has 0 radical (unpaired) electrons. The van der Waals surface area contributed by atoms with E-state index >= 15 is 0 Å². The highest BCUT2D eigenvalue weighted by Crippen LogP contribution is 2.58. The van der Waals surface area contributed by atoms with E-state index in [2.05, 4.69) is 10.7 Å². The molecule has 1 saturated heterocycles. The van der Waals surface area contributed by atoms with Gasteiger partial charge in [-0.15, -0.1) is 0 Å². The van der Waals surface area contributed by atoms with Crippen LogP contribution in [0, 0.1) is 5.82 Å². The molecule has 11 heteroatoms. The summed E-state index contributed by atoms with van der Waals surface area (Å²) in [7, 11) is -3.66. The molecule has 6 nitrogen and oxygen atoms in total. The van der Waals surface area contributed by atoms with Crippen LogP contribution in [0.3, 0.4) is 0 Å². The van der Waals surface area contributed by atoms with Crippen LogP contribution in [0.5, 0.6) is 0 Å². The molecule has 1 aromatic rings. The normalized spacial score (nSPS) is 15.6. The van der Waals surface area contributed by atoms with Crippen molar-refractivity contribution in [1.82, 2.24) is 10.4 Å². The van der Waals surface area contributed by atoms with E-state index in [-0.39, 0.29) is 28.7 Å². The molecule has 1 aliphatic heterocycles.